The van der Waals surface area contributed by atoms with Gasteiger partial charge < -0.3 is 20.3 Å². The number of esters is 1. The van der Waals surface area contributed by atoms with E-state index in [1.807, 2.05) is 0 Å². The van der Waals surface area contributed by atoms with Crippen molar-refractivity contribution in [2.75, 3.05) is 10.2 Å². The number of amides is 3. The van der Waals surface area contributed by atoms with E-state index in [0.717, 1.165) is 4.90 Å². The number of carbonyl (C=O) groups excluding carboxylic acids is 4. The number of fused-ring (bicyclic) bond motifs is 4. The smallest absolute Gasteiger partial charge is 0.308 e. The molecule has 2 fully saturated rings. The molecular formula is C28H22ClN3O7. The second-order valence-electron chi connectivity index (χ2n) is 9.83. The van der Waals surface area contributed by atoms with Crippen molar-refractivity contribution in [3.05, 3.63) is 76.8 Å². The number of nitrogens with zero attached hydrogens (tertiary/aromatic N) is 1. The van der Waals surface area contributed by atoms with Gasteiger partial charge in [0.2, 0.25) is 17.7 Å². The van der Waals surface area contributed by atoms with Crippen LogP contribution in [0.15, 0.2) is 60.7 Å². The Balaban J connectivity index is 1.45. The molecule has 198 valence electrons. The van der Waals surface area contributed by atoms with Crippen molar-refractivity contribution in [3.8, 4) is 17.2 Å². The summed E-state index contributed by atoms with van der Waals surface area (Å²) in [7, 11) is 0. The summed E-state index contributed by atoms with van der Waals surface area (Å²) in [5, 5.41) is 26.3. The number of anilines is 2. The summed E-state index contributed by atoms with van der Waals surface area (Å²) in [6, 6.07) is 14.5. The van der Waals surface area contributed by atoms with Gasteiger partial charge in [0.25, 0.3) is 0 Å². The third-order valence-corrected chi connectivity index (χ3v) is 7.76. The first-order valence-corrected chi connectivity index (χ1v) is 12.5. The average molecular weight is 548 g/mol. The van der Waals surface area contributed by atoms with Crippen LogP contribution in [0.3, 0.4) is 0 Å². The Morgan fingerprint density at radius 3 is 2.44 bits per heavy atom. The fraction of sp³-hybridized carbons (Fsp3) is 0.214. The zero-order valence-electron chi connectivity index (χ0n) is 20.5. The molecule has 3 amide bonds. The first-order chi connectivity index (χ1) is 18.6. The Morgan fingerprint density at radius 1 is 1.00 bits per heavy atom. The molecule has 0 aliphatic carbocycles. The summed E-state index contributed by atoms with van der Waals surface area (Å²) in [6.45, 7) is 1.26. The highest BCUT2D eigenvalue weighted by Crippen LogP contribution is 2.54. The van der Waals surface area contributed by atoms with Crippen LogP contribution in [-0.2, 0) is 31.1 Å². The van der Waals surface area contributed by atoms with E-state index in [-0.39, 0.29) is 29.4 Å². The van der Waals surface area contributed by atoms with Gasteiger partial charge in [0.05, 0.1) is 17.5 Å². The second-order valence-corrected chi connectivity index (χ2v) is 10.3. The molecule has 3 aliphatic heterocycles. The van der Waals surface area contributed by atoms with Gasteiger partial charge in [-0.1, -0.05) is 17.7 Å². The van der Waals surface area contributed by atoms with Crippen molar-refractivity contribution in [1.82, 2.24) is 5.32 Å². The van der Waals surface area contributed by atoms with Crippen LogP contribution in [0.5, 0.6) is 17.2 Å². The Bertz CT molecular complexity index is 1570. The van der Waals surface area contributed by atoms with Gasteiger partial charge in [-0.3, -0.25) is 24.5 Å². The fourth-order valence-electron chi connectivity index (χ4n) is 5.98. The molecule has 11 heteroatoms. The van der Waals surface area contributed by atoms with E-state index in [2.05, 4.69) is 10.6 Å². The molecule has 0 bridgehead atoms. The van der Waals surface area contributed by atoms with Crippen molar-refractivity contribution in [2.24, 2.45) is 11.8 Å². The van der Waals surface area contributed by atoms with E-state index in [9.17, 15) is 29.4 Å². The number of hydrogen-bond acceptors (Lipinski definition) is 8. The first-order valence-electron chi connectivity index (χ1n) is 12.2. The van der Waals surface area contributed by atoms with Crippen LogP contribution in [0.25, 0.3) is 0 Å². The second kappa shape index (κ2) is 8.82. The van der Waals surface area contributed by atoms with E-state index in [0.29, 0.717) is 21.8 Å². The number of benzene rings is 3. The highest BCUT2D eigenvalue weighted by atomic mass is 35.5. The summed E-state index contributed by atoms with van der Waals surface area (Å²) in [5.41, 5.74) is 0.263. The zero-order chi connectivity index (χ0) is 27.6. The molecule has 39 heavy (non-hydrogen) atoms. The monoisotopic (exact) mass is 547 g/mol. The lowest BCUT2D eigenvalue weighted by Crippen LogP contribution is -2.53. The van der Waals surface area contributed by atoms with Crippen LogP contribution in [0.4, 0.5) is 11.4 Å². The average Bonchev–Trinajstić information content (AvgIpc) is 3.46. The standard InChI is InChI=1S/C28H22ClN3O7/c1-13(33)39-17-6-4-16(5-7-17)32-25(36)23-20(10-14-2-9-21(34)22(35)11-14)31-28(24(23)26(32)37)18-12-15(29)3-8-19(18)30-27(28)38/h2-9,11-12,20,23-24,31,34-35H,10H2,1H3,(H,30,38)/t20-,23+,24-,28-/m0/s1. The number of hydrogen-bond donors (Lipinski definition) is 4. The number of carbonyl (C=O) groups is 4. The molecule has 4 atom stereocenters. The molecule has 0 saturated carbocycles. The van der Waals surface area contributed by atoms with Gasteiger partial charge >= 0.3 is 5.97 Å². The summed E-state index contributed by atoms with van der Waals surface area (Å²) in [5.74, 6) is -4.41. The van der Waals surface area contributed by atoms with Gasteiger partial charge in [0.15, 0.2) is 11.5 Å². The van der Waals surface area contributed by atoms with Crippen LogP contribution in [0, 0.1) is 11.8 Å². The third-order valence-electron chi connectivity index (χ3n) is 7.53. The maximum Gasteiger partial charge on any atom is 0.308 e. The number of ether oxygens (including phenoxy) is 1. The van der Waals surface area contributed by atoms with Gasteiger partial charge in [-0.15, -0.1) is 0 Å². The zero-order valence-corrected chi connectivity index (χ0v) is 21.2. The molecule has 10 nitrogen and oxygen atoms in total. The molecule has 3 aromatic rings. The minimum Gasteiger partial charge on any atom is -0.504 e. The SMILES string of the molecule is CC(=O)Oc1ccc(N2C(=O)[C@@H]3[C@H](Cc4ccc(O)c(O)c4)N[C@]4(C(=O)Nc5ccc(Cl)cc54)[C@@H]3C2=O)cc1. The lowest BCUT2D eigenvalue weighted by atomic mass is 9.76. The minimum absolute atomic E-state index is 0.179. The molecule has 3 heterocycles. The lowest BCUT2D eigenvalue weighted by Gasteiger charge is -2.29. The molecule has 1 spiro atoms. The number of aromatic hydroxyl groups is 2. The van der Waals surface area contributed by atoms with Crippen molar-refractivity contribution < 1.29 is 34.1 Å². The Labute approximate surface area is 227 Å². The molecular weight excluding hydrogens is 526 g/mol. The normalized spacial score (nSPS) is 25.1. The number of phenols is 2. The number of nitrogens with one attached hydrogen (secondary N) is 2. The molecule has 3 aliphatic rings. The van der Waals surface area contributed by atoms with Gasteiger partial charge in [0, 0.05) is 29.2 Å². The molecule has 0 radical (unpaired) electrons. The quantitative estimate of drug-likeness (QED) is 0.169. The van der Waals surface area contributed by atoms with Crippen LogP contribution in [0.1, 0.15) is 18.1 Å². The third kappa shape index (κ3) is 3.75. The summed E-state index contributed by atoms with van der Waals surface area (Å²) in [4.78, 5) is 54.0. The van der Waals surface area contributed by atoms with Crippen molar-refractivity contribution in [3.63, 3.8) is 0 Å². The largest absolute Gasteiger partial charge is 0.504 e. The molecule has 0 unspecified atom stereocenters. The Hall–Kier alpha value is -4.41. The molecule has 0 aromatic heterocycles. The van der Waals surface area contributed by atoms with Crippen molar-refractivity contribution in [2.45, 2.75) is 24.9 Å². The molecule has 3 aromatic carbocycles. The topological polar surface area (TPSA) is 145 Å². The number of imide groups is 1. The maximum atomic E-state index is 14.1. The van der Waals surface area contributed by atoms with E-state index < -0.39 is 47.1 Å². The van der Waals surface area contributed by atoms with Gasteiger partial charge in [-0.25, -0.2) is 4.90 Å². The van der Waals surface area contributed by atoms with Gasteiger partial charge in [-0.05, 0) is 66.6 Å². The number of rotatable bonds is 4. The molecule has 4 N–H and O–H groups in total. The fourth-order valence-corrected chi connectivity index (χ4v) is 6.15. The number of phenolic OH excluding ortho intramolecular Hbond substituents is 2. The highest BCUT2D eigenvalue weighted by molar-refractivity contribution is 6.31. The van der Waals surface area contributed by atoms with Crippen LogP contribution >= 0.6 is 11.6 Å². The maximum absolute atomic E-state index is 14.1. The van der Waals surface area contributed by atoms with Crippen LogP contribution in [-0.4, -0.2) is 39.9 Å². The van der Waals surface area contributed by atoms with E-state index >= 15 is 0 Å². The van der Waals surface area contributed by atoms with Gasteiger partial charge in [0.1, 0.15) is 11.3 Å². The molecule has 6 rings (SSSR count). The Kier molecular flexibility index (Phi) is 5.63. The summed E-state index contributed by atoms with van der Waals surface area (Å²) < 4.78 is 5.06. The van der Waals surface area contributed by atoms with Crippen molar-refractivity contribution in [1.29, 1.82) is 0 Å². The number of halogens is 1. The van der Waals surface area contributed by atoms with Crippen LogP contribution in [0.2, 0.25) is 5.02 Å². The summed E-state index contributed by atoms with van der Waals surface area (Å²) >= 11 is 6.30. The lowest BCUT2D eigenvalue weighted by molar-refractivity contribution is -0.132. The first kappa shape index (κ1) is 24.9. The van der Waals surface area contributed by atoms with Crippen LogP contribution < -0.4 is 20.3 Å². The summed E-state index contributed by atoms with van der Waals surface area (Å²) in [6.07, 6.45) is 0.179. The Morgan fingerprint density at radius 2 is 1.74 bits per heavy atom. The molecule has 2 saturated heterocycles. The van der Waals surface area contributed by atoms with E-state index in [1.165, 1.54) is 43.3 Å². The minimum atomic E-state index is -1.56. The van der Waals surface area contributed by atoms with Gasteiger partial charge in [-0.2, -0.15) is 0 Å². The highest BCUT2D eigenvalue weighted by Gasteiger charge is 2.70. The predicted molar refractivity (Wildman–Crippen MR) is 139 cm³/mol. The van der Waals surface area contributed by atoms with E-state index in [1.54, 1.807) is 24.3 Å². The van der Waals surface area contributed by atoms with E-state index in [4.69, 9.17) is 16.3 Å². The predicted octanol–water partition coefficient (Wildman–Crippen LogP) is 2.84. The van der Waals surface area contributed by atoms with Crippen molar-refractivity contribution >= 4 is 46.7 Å².